The summed E-state index contributed by atoms with van der Waals surface area (Å²) in [6.07, 6.45) is 2.07. The number of aryl methyl sites for hydroxylation is 1. The molecule has 1 amide bonds. The molecule has 0 saturated heterocycles. The minimum absolute atomic E-state index is 0.0189. The number of benzene rings is 2. The van der Waals surface area contributed by atoms with Crippen LogP contribution in [0.25, 0.3) is 10.9 Å². The number of aromatic nitrogens is 2. The number of hydrogen-bond acceptors (Lipinski definition) is 3. The lowest BCUT2D eigenvalue weighted by Gasteiger charge is -2.23. The molecule has 0 spiro atoms. The van der Waals surface area contributed by atoms with Gasteiger partial charge in [-0.2, -0.15) is 0 Å². The van der Waals surface area contributed by atoms with Gasteiger partial charge >= 0.3 is 0 Å². The number of rotatable bonds is 4. The molecule has 6 heteroatoms. The quantitative estimate of drug-likeness (QED) is 0.693. The fourth-order valence-electron chi connectivity index (χ4n) is 3.11. The zero-order chi connectivity index (χ0) is 18.3. The van der Waals surface area contributed by atoms with Crippen molar-refractivity contribution in [3.63, 3.8) is 0 Å². The van der Waals surface area contributed by atoms with Crippen LogP contribution in [0.2, 0.25) is 0 Å². The summed E-state index contributed by atoms with van der Waals surface area (Å²) in [6, 6.07) is 13.6. The summed E-state index contributed by atoms with van der Waals surface area (Å²) in [6.45, 7) is 2.64. The molecule has 1 heterocycles. The lowest BCUT2D eigenvalue weighted by Crippen LogP contribution is -2.32. The SMILES string of the molecule is Cc1ccc(CN(C(=O)c2ccc3c(=O)[nH]c(=S)[nH]c3c2)C2CC2)cc1. The zero-order valence-electron chi connectivity index (χ0n) is 14.4. The van der Waals surface area contributed by atoms with Crippen LogP contribution in [0.15, 0.2) is 47.3 Å². The van der Waals surface area contributed by atoms with Gasteiger partial charge in [0.15, 0.2) is 4.77 Å². The molecule has 1 aliphatic rings. The van der Waals surface area contributed by atoms with Gasteiger partial charge in [-0.25, -0.2) is 0 Å². The van der Waals surface area contributed by atoms with Gasteiger partial charge in [-0.3, -0.25) is 14.6 Å². The Morgan fingerprint density at radius 2 is 1.88 bits per heavy atom. The largest absolute Gasteiger partial charge is 0.332 e. The summed E-state index contributed by atoms with van der Waals surface area (Å²) in [5, 5.41) is 0.492. The second-order valence-corrected chi connectivity index (χ2v) is 7.23. The Bertz CT molecular complexity index is 1090. The molecule has 0 radical (unpaired) electrons. The van der Waals surface area contributed by atoms with E-state index in [2.05, 4.69) is 34.2 Å². The Kier molecular flexibility index (Phi) is 4.20. The van der Waals surface area contributed by atoms with E-state index in [-0.39, 0.29) is 22.3 Å². The number of hydrogen-bond donors (Lipinski definition) is 2. The third-order valence-corrected chi connectivity index (χ3v) is 4.91. The van der Waals surface area contributed by atoms with Crippen molar-refractivity contribution in [2.45, 2.75) is 32.4 Å². The second-order valence-electron chi connectivity index (χ2n) is 6.82. The van der Waals surface area contributed by atoms with E-state index >= 15 is 0 Å². The van der Waals surface area contributed by atoms with Crippen molar-refractivity contribution >= 4 is 29.0 Å². The molecule has 3 aromatic rings. The van der Waals surface area contributed by atoms with Gasteiger partial charge in [-0.1, -0.05) is 29.8 Å². The molecule has 0 atom stereocenters. The Morgan fingerprint density at radius 3 is 2.58 bits per heavy atom. The summed E-state index contributed by atoms with van der Waals surface area (Å²) in [5.41, 5.74) is 3.21. The average Bonchev–Trinajstić information content (AvgIpc) is 3.45. The summed E-state index contributed by atoms with van der Waals surface area (Å²) in [4.78, 5) is 32.5. The molecule has 26 heavy (non-hydrogen) atoms. The van der Waals surface area contributed by atoms with E-state index in [1.807, 2.05) is 11.8 Å². The molecule has 1 fully saturated rings. The number of nitrogens with one attached hydrogen (secondary N) is 2. The molecular formula is C20H19N3O2S. The number of amides is 1. The molecule has 1 aliphatic carbocycles. The smallest absolute Gasteiger partial charge is 0.259 e. The van der Waals surface area contributed by atoms with Crippen molar-refractivity contribution in [3.05, 3.63) is 74.3 Å². The monoisotopic (exact) mass is 365 g/mol. The molecule has 5 nitrogen and oxygen atoms in total. The molecule has 1 saturated carbocycles. The van der Waals surface area contributed by atoms with E-state index < -0.39 is 0 Å². The van der Waals surface area contributed by atoms with Gasteiger partial charge in [0.05, 0.1) is 10.9 Å². The number of fused-ring (bicyclic) bond motifs is 1. The standard InChI is InChI=1S/C20H19N3O2S/c1-12-2-4-13(5-3-12)11-23(15-7-8-15)19(25)14-6-9-16-17(10-14)21-20(26)22-18(16)24/h2-6,9-10,15H,7-8,11H2,1H3,(H2,21,22,24,26). The average molecular weight is 365 g/mol. The fraction of sp³-hybridized carbons (Fsp3) is 0.250. The van der Waals surface area contributed by atoms with Crippen LogP contribution in [-0.4, -0.2) is 26.8 Å². The highest BCUT2D eigenvalue weighted by molar-refractivity contribution is 7.71. The topological polar surface area (TPSA) is 69.0 Å². The summed E-state index contributed by atoms with van der Waals surface area (Å²) in [7, 11) is 0. The van der Waals surface area contributed by atoms with Crippen LogP contribution >= 0.6 is 12.2 Å². The van der Waals surface area contributed by atoms with Gasteiger partial charge < -0.3 is 9.88 Å². The first-order valence-corrected chi connectivity index (χ1v) is 9.05. The van der Waals surface area contributed by atoms with Gasteiger partial charge in [0.1, 0.15) is 0 Å². The Labute approximate surface area is 155 Å². The van der Waals surface area contributed by atoms with Crippen LogP contribution < -0.4 is 5.56 Å². The van der Waals surface area contributed by atoms with Gasteiger partial charge in [0.25, 0.3) is 11.5 Å². The van der Waals surface area contributed by atoms with Crippen LogP contribution in [0.4, 0.5) is 0 Å². The van der Waals surface area contributed by atoms with E-state index in [0.29, 0.717) is 23.0 Å². The van der Waals surface area contributed by atoms with E-state index in [9.17, 15) is 9.59 Å². The Balaban J connectivity index is 1.67. The third kappa shape index (κ3) is 3.32. The van der Waals surface area contributed by atoms with Gasteiger partial charge in [-0.15, -0.1) is 0 Å². The van der Waals surface area contributed by atoms with Crippen LogP contribution in [0.3, 0.4) is 0 Å². The van der Waals surface area contributed by atoms with Crippen molar-refractivity contribution in [3.8, 4) is 0 Å². The summed E-state index contributed by atoms with van der Waals surface area (Å²) < 4.78 is 0.255. The second kappa shape index (κ2) is 6.53. The van der Waals surface area contributed by atoms with E-state index in [1.54, 1.807) is 18.2 Å². The van der Waals surface area contributed by atoms with E-state index in [4.69, 9.17) is 12.2 Å². The third-order valence-electron chi connectivity index (χ3n) is 4.71. The Morgan fingerprint density at radius 1 is 1.15 bits per heavy atom. The maximum atomic E-state index is 13.1. The van der Waals surface area contributed by atoms with E-state index in [0.717, 1.165) is 18.4 Å². The van der Waals surface area contributed by atoms with Crippen LogP contribution in [0, 0.1) is 11.7 Å². The highest BCUT2D eigenvalue weighted by Gasteiger charge is 2.33. The predicted molar refractivity (Wildman–Crippen MR) is 104 cm³/mol. The molecule has 0 aliphatic heterocycles. The van der Waals surface area contributed by atoms with Crippen molar-refractivity contribution in [2.75, 3.05) is 0 Å². The molecule has 0 bridgehead atoms. The molecule has 132 valence electrons. The minimum atomic E-state index is -0.249. The summed E-state index contributed by atoms with van der Waals surface area (Å²) >= 11 is 5.03. The van der Waals surface area contributed by atoms with Gasteiger partial charge in [-0.05, 0) is 55.7 Å². The number of nitrogens with zero attached hydrogens (tertiary/aromatic N) is 1. The van der Waals surface area contributed by atoms with Gasteiger partial charge in [0, 0.05) is 18.2 Å². The fourth-order valence-corrected chi connectivity index (χ4v) is 3.31. The Hall–Kier alpha value is -2.73. The molecule has 2 N–H and O–H groups in total. The lowest BCUT2D eigenvalue weighted by atomic mass is 10.1. The lowest BCUT2D eigenvalue weighted by molar-refractivity contribution is 0.0730. The van der Waals surface area contributed by atoms with Crippen molar-refractivity contribution < 1.29 is 4.79 Å². The molecule has 4 rings (SSSR count). The van der Waals surface area contributed by atoms with Crippen molar-refractivity contribution in [1.82, 2.24) is 14.9 Å². The molecule has 1 aromatic heterocycles. The van der Waals surface area contributed by atoms with Crippen LogP contribution in [0.5, 0.6) is 0 Å². The van der Waals surface area contributed by atoms with Crippen LogP contribution in [-0.2, 0) is 6.54 Å². The predicted octanol–water partition coefficient (Wildman–Crippen LogP) is 3.70. The zero-order valence-corrected chi connectivity index (χ0v) is 15.2. The van der Waals surface area contributed by atoms with E-state index in [1.165, 1.54) is 5.56 Å². The maximum absolute atomic E-state index is 13.1. The molecule has 2 aromatic carbocycles. The van der Waals surface area contributed by atoms with Crippen LogP contribution in [0.1, 0.15) is 34.3 Å². The first-order chi connectivity index (χ1) is 12.5. The van der Waals surface area contributed by atoms with Gasteiger partial charge in [0.2, 0.25) is 0 Å². The first kappa shape index (κ1) is 16.7. The normalized spacial score (nSPS) is 13.7. The van der Waals surface area contributed by atoms with Crippen molar-refractivity contribution in [2.24, 2.45) is 0 Å². The highest BCUT2D eigenvalue weighted by atomic mass is 32.1. The minimum Gasteiger partial charge on any atom is -0.332 e. The summed E-state index contributed by atoms with van der Waals surface area (Å²) in [5.74, 6) is -0.0189. The first-order valence-electron chi connectivity index (χ1n) is 8.64. The molecule has 0 unspecified atom stereocenters. The number of carbonyl (C=O) groups excluding carboxylic acids is 1. The molecular weight excluding hydrogens is 346 g/mol. The highest BCUT2D eigenvalue weighted by Crippen LogP contribution is 2.30. The number of H-pyrrole nitrogens is 2. The van der Waals surface area contributed by atoms with Crippen molar-refractivity contribution in [1.29, 1.82) is 0 Å². The number of aromatic amines is 2. The number of carbonyl (C=O) groups is 1. The maximum Gasteiger partial charge on any atom is 0.259 e.